The van der Waals surface area contributed by atoms with Gasteiger partial charge in [0, 0.05) is 22.3 Å². The molecule has 0 aliphatic rings. The zero-order chi connectivity index (χ0) is 14.5. The van der Waals surface area contributed by atoms with E-state index in [9.17, 15) is 4.79 Å². The molecule has 0 bridgehead atoms. The van der Waals surface area contributed by atoms with Crippen molar-refractivity contribution in [1.82, 2.24) is 5.32 Å². The Morgan fingerprint density at radius 2 is 1.80 bits per heavy atom. The van der Waals surface area contributed by atoms with Gasteiger partial charge in [0.1, 0.15) is 0 Å². The molecule has 0 radical (unpaired) electrons. The maximum Gasteiger partial charge on any atom is 0.251 e. The molecule has 0 saturated carbocycles. The lowest BCUT2D eigenvalue weighted by atomic mass is 10.1. The molecule has 0 saturated heterocycles. The first-order valence-electron chi connectivity index (χ1n) is 6.51. The summed E-state index contributed by atoms with van der Waals surface area (Å²) < 4.78 is 0.796. The van der Waals surface area contributed by atoms with Crippen molar-refractivity contribution in [3.05, 3.63) is 63.6 Å². The normalized spacial score (nSPS) is 10.3. The molecule has 0 fully saturated rings. The van der Waals surface area contributed by atoms with Crippen LogP contribution in [0.1, 0.15) is 28.4 Å². The summed E-state index contributed by atoms with van der Waals surface area (Å²) in [5, 5.41) is 2.89. The maximum atomic E-state index is 12.0. The average molecular weight is 333 g/mol. The van der Waals surface area contributed by atoms with Gasteiger partial charge in [-0.3, -0.25) is 4.79 Å². The number of nitrogens with two attached hydrogens (primary N) is 1. The van der Waals surface area contributed by atoms with Crippen LogP contribution in [0, 0.1) is 0 Å². The second-order valence-corrected chi connectivity index (χ2v) is 5.44. The minimum atomic E-state index is -0.122. The van der Waals surface area contributed by atoms with Crippen molar-refractivity contribution < 1.29 is 4.79 Å². The van der Waals surface area contributed by atoms with Crippen LogP contribution in [-0.2, 0) is 13.0 Å². The van der Waals surface area contributed by atoms with E-state index in [1.54, 1.807) is 18.2 Å². The zero-order valence-electron chi connectivity index (χ0n) is 11.3. The van der Waals surface area contributed by atoms with Crippen LogP contribution in [0.15, 0.2) is 46.9 Å². The smallest absolute Gasteiger partial charge is 0.251 e. The fraction of sp³-hybridized carbons (Fsp3) is 0.188. The molecule has 20 heavy (non-hydrogen) atoms. The monoisotopic (exact) mass is 332 g/mol. The SMILES string of the molecule is CCc1ccc(CNC(=O)c2ccc(Br)c(N)c2)cc1. The standard InChI is InChI=1S/C16H17BrN2O/c1-2-11-3-5-12(6-4-11)10-19-16(20)13-7-8-14(17)15(18)9-13/h3-9H,2,10,18H2,1H3,(H,19,20). The second-order valence-electron chi connectivity index (χ2n) is 4.59. The Bertz CT molecular complexity index is 608. The van der Waals surface area contributed by atoms with E-state index in [1.807, 2.05) is 12.1 Å². The Kier molecular flexibility index (Phi) is 4.79. The van der Waals surface area contributed by atoms with E-state index in [1.165, 1.54) is 5.56 Å². The van der Waals surface area contributed by atoms with Gasteiger partial charge in [-0.25, -0.2) is 0 Å². The molecular formula is C16H17BrN2O. The molecule has 0 aliphatic heterocycles. The summed E-state index contributed by atoms with van der Waals surface area (Å²) in [5.74, 6) is -0.122. The number of hydrogen-bond donors (Lipinski definition) is 2. The van der Waals surface area contributed by atoms with Gasteiger partial charge in [-0.15, -0.1) is 0 Å². The van der Waals surface area contributed by atoms with Gasteiger partial charge < -0.3 is 11.1 Å². The van der Waals surface area contributed by atoms with Crippen molar-refractivity contribution in [3.8, 4) is 0 Å². The van der Waals surface area contributed by atoms with E-state index >= 15 is 0 Å². The number of carbonyl (C=O) groups is 1. The third kappa shape index (κ3) is 3.61. The topological polar surface area (TPSA) is 55.1 Å². The van der Waals surface area contributed by atoms with Gasteiger partial charge >= 0.3 is 0 Å². The molecule has 0 heterocycles. The van der Waals surface area contributed by atoms with Crippen molar-refractivity contribution >= 4 is 27.5 Å². The van der Waals surface area contributed by atoms with E-state index in [4.69, 9.17) is 5.73 Å². The highest BCUT2D eigenvalue weighted by molar-refractivity contribution is 9.10. The molecule has 3 nitrogen and oxygen atoms in total. The number of rotatable bonds is 4. The van der Waals surface area contributed by atoms with Crippen LogP contribution in [0.2, 0.25) is 0 Å². The number of aryl methyl sites for hydroxylation is 1. The predicted octanol–water partition coefficient (Wildman–Crippen LogP) is 3.52. The summed E-state index contributed by atoms with van der Waals surface area (Å²) in [6, 6.07) is 13.4. The van der Waals surface area contributed by atoms with Crippen molar-refractivity contribution in [2.75, 3.05) is 5.73 Å². The number of carbonyl (C=O) groups excluding carboxylic acids is 1. The van der Waals surface area contributed by atoms with E-state index in [2.05, 4.69) is 40.3 Å². The van der Waals surface area contributed by atoms with Gasteiger partial charge in [0.15, 0.2) is 0 Å². The van der Waals surface area contributed by atoms with Crippen molar-refractivity contribution in [3.63, 3.8) is 0 Å². The lowest BCUT2D eigenvalue weighted by molar-refractivity contribution is 0.0951. The number of anilines is 1. The van der Waals surface area contributed by atoms with Crippen LogP contribution >= 0.6 is 15.9 Å². The lowest BCUT2D eigenvalue weighted by Gasteiger charge is -2.07. The molecule has 3 N–H and O–H groups in total. The number of halogens is 1. The lowest BCUT2D eigenvalue weighted by Crippen LogP contribution is -2.22. The molecular weight excluding hydrogens is 316 g/mol. The van der Waals surface area contributed by atoms with E-state index in [-0.39, 0.29) is 5.91 Å². The number of nitrogens with one attached hydrogen (secondary N) is 1. The fourth-order valence-electron chi connectivity index (χ4n) is 1.86. The minimum Gasteiger partial charge on any atom is -0.398 e. The van der Waals surface area contributed by atoms with Crippen LogP contribution in [0.25, 0.3) is 0 Å². The highest BCUT2D eigenvalue weighted by atomic mass is 79.9. The average Bonchev–Trinajstić information content (AvgIpc) is 2.48. The van der Waals surface area contributed by atoms with Gasteiger partial charge in [-0.1, -0.05) is 31.2 Å². The molecule has 2 rings (SSSR count). The first-order chi connectivity index (χ1) is 9.60. The number of benzene rings is 2. The highest BCUT2D eigenvalue weighted by Crippen LogP contribution is 2.20. The van der Waals surface area contributed by atoms with Crippen molar-refractivity contribution in [2.45, 2.75) is 19.9 Å². The van der Waals surface area contributed by atoms with Gasteiger partial charge in [0.25, 0.3) is 5.91 Å². The van der Waals surface area contributed by atoms with E-state index in [0.717, 1.165) is 16.5 Å². The van der Waals surface area contributed by atoms with E-state index < -0.39 is 0 Å². The maximum absolute atomic E-state index is 12.0. The molecule has 0 spiro atoms. The van der Waals surface area contributed by atoms with Gasteiger partial charge in [-0.05, 0) is 51.7 Å². The Balaban J connectivity index is 1.98. The Morgan fingerprint density at radius 1 is 1.15 bits per heavy atom. The predicted molar refractivity (Wildman–Crippen MR) is 85.5 cm³/mol. The van der Waals surface area contributed by atoms with Gasteiger partial charge in [-0.2, -0.15) is 0 Å². The van der Waals surface area contributed by atoms with Crippen LogP contribution < -0.4 is 11.1 Å². The quantitative estimate of drug-likeness (QED) is 0.841. The molecule has 0 unspecified atom stereocenters. The Morgan fingerprint density at radius 3 is 2.40 bits per heavy atom. The third-order valence-corrected chi connectivity index (χ3v) is 3.86. The first kappa shape index (κ1) is 14.6. The number of amides is 1. The van der Waals surface area contributed by atoms with Crippen LogP contribution in [0.5, 0.6) is 0 Å². The Hall–Kier alpha value is -1.81. The molecule has 104 valence electrons. The molecule has 0 atom stereocenters. The summed E-state index contributed by atoms with van der Waals surface area (Å²) >= 11 is 3.31. The highest BCUT2D eigenvalue weighted by Gasteiger charge is 2.07. The molecule has 4 heteroatoms. The van der Waals surface area contributed by atoms with Crippen molar-refractivity contribution in [1.29, 1.82) is 0 Å². The van der Waals surface area contributed by atoms with Crippen molar-refractivity contribution in [2.24, 2.45) is 0 Å². The number of hydrogen-bond acceptors (Lipinski definition) is 2. The number of nitrogen functional groups attached to an aromatic ring is 1. The van der Waals surface area contributed by atoms with Crippen LogP contribution in [0.4, 0.5) is 5.69 Å². The minimum absolute atomic E-state index is 0.122. The molecule has 0 aliphatic carbocycles. The van der Waals surface area contributed by atoms with Crippen LogP contribution in [-0.4, -0.2) is 5.91 Å². The first-order valence-corrected chi connectivity index (χ1v) is 7.30. The second kappa shape index (κ2) is 6.57. The van der Waals surface area contributed by atoms with Crippen LogP contribution in [0.3, 0.4) is 0 Å². The van der Waals surface area contributed by atoms with Gasteiger partial charge in [0.05, 0.1) is 0 Å². The molecule has 0 aromatic heterocycles. The Labute approximate surface area is 127 Å². The summed E-state index contributed by atoms with van der Waals surface area (Å²) in [5.41, 5.74) is 9.27. The zero-order valence-corrected chi connectivity index (χ0v) is 12.9. The molecule has 2 aromatic rings. The molecule has 1 amide bonds. The summed E-state index contributed by atoms with van der Waals surface area (Å²) in [7, 11) is 0. The molecule has 2 aromatic carbocycles. The fourth-order valence-corrected chi connectivity index (χ4v) is 2.11. The van der Waals surface area contributed by atoms with Gasteiger partial charge in [0.2, 0.25) is 0 Å². The largest absolute Gasteiger partial charge is 0.398 e. The third-order valence-electron chi connectivity index (χ3n) is 3.14. The van der Waals surface area contributed by atoms with E-state index in [0.29, 0.717) is 17.8 Å². The summed E-state index contributed by atoms with van der Waals surface area (Å²) in [6.07, 6.45) is 1.02. The summed E-state index contributed by atoms with van der Waals surface area (Å²) in [4.78, 5) is 12.0. The summed E-state index contributed by atoms with van der Waals surface area (Å²) in [6.45, 7) is 2.63.